The molecule has 164 valence electrons. The first-order valence-corrected chi connectivity index (χ1v) is 12.0. The standard InChI is InChI=1S/C25H27N5OS/c1-2-30-22-8-7-19(27-16-20-13-18-5-3-4-6-23(18)32-20)14-21(22)24(29-30)25(31)28-15-17-9-11-26-12-10-17/h3-6,9-13,19,27H,2,7-8,14-16H2,1H3,(H,28,31). The van der Waals surface area contributed by atoms with Crippen LogP contribution in [0.25, 0.3) is 10.1 Å². The average molecular weight is 446 g/mol. The molecule has 0 spiro atoms. The van der Waals surface area contributed by atoms with Crippen LogP contribution in [0.3, 0.4) is 0 Å². The van der Waals surface area contributed by atoms with Gasteiger partial charge in [0, 0.05) is 58.9 Å². The van der Waals surface area contributed by atoms with E-state index in [-0.39, 0.29) is 5.91 Å². The highest BCUT2D eigenvalue weighted by Gasteiger charge is 2.28. The maximum absolute atomic E-state index is 13.0. The molecule has 0 saturated carbocycles. The first kappa shape index (κ1) is 20.8. The van der Waals surface area contributed by atoms with Gasteiger partial charge < -0.3 is 10.6 Å². The molecular weight excluding hydrogens is 418 g/mol. The molecule has 4 aromatic rings. The van der Waals surface area contributed by atoms with Crippen molar-refractivity contribution in [2.45, 2.75) is 51.9 Å². The van der Waals surface area contributed by atoms with E-state index < -0.39 is 0 Å². The quantitative estimate of drug-likeness (QED) is 0.449. The molecule has 1 atom stereocenters. The number of rotatable bonds is 7. The maximum Gasteiger partial charge on any atom is 0.272 e. The number of hydrogen-bond donors (Lipinski definition) is 2. The van der Waals surface area contributed by atoms with Gasteiger partial charge in [-0.2, -0.15) is 5.10 Å². The number of benzene rings is 1. The molecule has 7 heteroatoms. The molecule has 0 saturated heterocycles. The number of carbonyl (C=O) groups is 1. The Morgan fingerprint density at radius 1 is 1.19 bits per heavy atom. The Bertz CT molecular complexity index is 1200. The number of pyridine rings is 1. The minimum atomic E-state index is -0.101. The van der Waals surface area contributed by atoms with Gasteiger partial charge in [-0.25, -0.2) is 0 Å². The predicted octanol–water partition coefficient (Wildman–Crippen LogP) is 4.09. The van der Waals surface area contributed by atoms with Crippen molar-refractivity contribution < 1.29 is 4.79 Å². The number of carbonyl (C=O) groups excluding carboxylic acids is 1. The van der Waals surface area contributed by atoms with Crippen LogP contribution in [0.4, 0.5) is 0 Å². The first-order chi connectivity index (χ1) is 15.7. The van der Waals surface area contributed by atoms with Gasteiger partial charge in [0.25, 0.3) is 5.91 Å². The zero-order valence-electron chi connectivity index (χ0n) is 18.2. The molecule has 0 bridgehead atoms. The number of aromatic nitrogens is 3. The Hall–Kier alpha value is -3.03. The van der Waals surface area contributed by atoms with Crippen molar-refractivity contribution in [3.05, 3.63) is 82.3 Å². The largest absolute Gasteiger partial charge is 0.347 e. The summed E-state index contributed by atoms with van der Waals surface area (Å²) < 4.78 is 3.33. The van der Waals surface area contributed by atoms with Crippen LogP contribution < -0.4 is 10.6 Å². The van der Waals surface area contributed by atoms with E-state index in [9.17, 15) is 4.79 Å². The molecule has 1 unspecified atom stereocenters. The lowest BCUT2D eigenvalue weighted by molar-refractivity contribution is 0.0944. The highest BCUT2D eigenvalue weighted by atomic mass is 32.1. The summed E-state index contributed by atoms with van der Waals surface area (Å²) in [5.74, 6) is -0.101. The van der Waals surface area contributed by atoms with Crippen molar-refractivity contribution in [1.82, 2.24) is 25.4 Å². The Labute approximate surface area is 191 Å². The fourth-order valence-corrected chi connectivity index (χ4v) is 5.46. The van der Waals surface area contributed by atoms with Gasteiger partial charge in [0.1, 0.15) is 0 Å². The highest BCUT2D eigenvalue weighted by Crippen LogP contribution is 2.28. The summed E-state index contributed by atoms with van der Waals surface area (Å²) in [6.45, 7) is 4.19. The minimum Gasteiger partial charge on any atom is -0.347 e. The zero-order chi connectivity index (χ0) is 21.9. The minimum absolute atomic E-state index is 0.101. The van der Waals surface area contributed by atoms with Crippen molar-refractivity contribution in [2.75, 3.05) is 0 Å². The monoisotopic (exact) mass is 445 g/mol. The van der Waals surface area contributed by atoms with Gasteiger partial charge in [0.05, 0.1) is 0 Å². The SMILES string of the molecule is CCn1nc(C(=O)NCc2ccncc2)c2c1CCC(NCc1cc3ccccc3s1)C2. The number of hydrogen-bond acceptors (Lipinski definition) is 5. The third kappa shape index (κ3) is 4.31. The summed E-state index contributed by atoms with van der Waals surface area (Å²) in [5.41, 5.74) is 3.91. The predicted molar refractivity (Wildman–Crippen MR) is 128 cm³/mol. The Kier molecular flexibility index (Phi) is 6.01. The van der Waals surface area contributed by atoms with Crippen LogP contribution in [0.5, 0.6) is 0 Å². The van der Waals surface area contributed by atoms with Gasteiger partial charge in [-0.05, 0) is 61.4 Å². The molecule has 1 aliphatic rings. The molecule has 0 fully saturated rings. The van der Waals surface area contributed by atoms with E-state index in [1.54, 1.807) is 12.4 Å². The molecule has 0 aliphatic heterocycles. The van der Waals surface area contributed by atoms with Crippen molar-refractivity contribution in [3.63, 3.8) is 0 Å². The average Bonchev–Trinajstić information content (AvgIpc) is 3.42. The molecule has 3 heterocycles. The lowest BCUT2D eigenvalue weighted by Crippen LogP contribution is -2.35. The van der Waals surface area contributed by atoms with Gasteiger partial charge in [-0.3, -0.25) is 14.5 Å². The lowest BCUT2D eigenvalue weighted by Gasteiger charge is -2.24. The van der Waals surface area contributed by atoms with E-state index in [2.05, 4.69) is 58.0 Å². The van der Waals surface area contributed by atoms with E-state index in [4.69, 9.17) is 0 Å². The molecule has 1 aromatic carbocycles. The van der Waals surface area contributed by atoms with Crippen LogP contribution in [-0.2, 0) is 32.5 Å². The van der Waals surface area contributed by atoms with Gasteiger partial charge >= 0.3 is 0 Å². The molecule has 0 radical (unpaired) electrons. The number of thiophene rings is 1. The summed E-state index contributed by atoms with van der Waals surface area (Å²) in [6.07, 6.45) is 6.31. The van der Waals surface area contributed by atoms with E-state index in [1.165, 1.54) is 20.7 Å². The second kappa shape index (κ2) is 9.22. The van der Waals surface area contributed by atoms with E-state index in [0.29, 0.717) is 18.3 Å². The van der Waals surface area contributed by atoms with Gasteiger partial charge in [-0.1, -0.05) is 18.2 Å². The molecule has 6 nitrogen and oxygen atoms in total. The van der Waals surface area contributed by atoms with Crippen LogP contribution >= 0.6 is 11.3 Å². The van der Waals surface area contributed by atoms with Gasteiger partial charge in [0.2, 0.25) is 0 Å². The van der Waals surface area contributed by atoms with Gasteiger partial charge in [-0.15, -0.1) is 11.3 Å². The highest BCUT2D eigenvalue weighted by molar-refractivity contribution is 7.19. The Balaban J connectivity index is 1.28. The molecular formula is C25H27N5OS. The molecule has 5 rings (SSSR count). The fourth-order valence-electron chi connectivity index (χ4n) is 4.44. The number of nitrogens with zero attached hydrogens (tertiary/aromatic N) is 3. The van der Waals surface area contributed by atoms with Crippen LogP contribution in [0.1, 0.15) is 45.5 Å². The topological polar surface area (TPSA) is 71.8 Å². The Morgan fingerprint density at radius 3 is 2.84 bits per heavy atom. The zero-order valence-corrected chi connectivity index (χ0v) is 19.0. The van der Waals surface area contributed by atoms with Crippen LogP contribution in [0, 0.1) is 0 Å². The smallest absolute Gasteiger partial charge is 0.272 e. The maximum atomic E-state index is 13.0. The fraction of sp³-hybridized carbons (Fsp3) is 0.320. The summed E-state index contributed by atoms with van der Waals surface area (Å²) in [4.78, 5) is 18.4. The van der Waals surface area contributed by atoms with Crippen molar-refractivity contribution >= 4 is 27.3 Å². The number of fused-ring (bicyclic) bond motifs is 2. The van der Waals surface area contributed by atoms with Crippen LogP contribution in [0.2, 0.25) is 0 Å². The van der Waals surface area contributed by atoms with Crippen molar-refractivity contribution in [1.29, 1.82) is 0 Å². The van der Waals surface area contributed by atoms with Gasteiger partial charge in [0.15, 0.2) is 5.69 Å². The molecule has 32 heavy (non-hydrogen) atoms. The Morgan fingerprint density at radius 2 is 2.03 bits per heavy atom. The first-order valence-electron chi connectivity index (χ1n) is 11.2. The third-order valence-corrected chi connectivity index (χ3v) is 7.22. The summed E-state index contributed by atoms with van der Waals surface area (Å²) in [6, 6.07) is 14.9. The van der Waals surface area contributed by atoms with Crippen molar-refractivity contribution in [3.8, 4) is 0 Å². The number of aryl methyl sites for hydroxylation is 1. The lowest BCUT2D eigenvalue weighted by atomic mass is 9.91. The van der Waals surface area contributed by atoms with Crippen LogP contribution in [0.15, 0.2) is 54.9 Å². The van der Waals surface area contributed by atoms with Crippen LogP contribution in [-0.4, -0.2) is 26.7 Å². The number of amides is 1. The second-order valence-corrected chi connectivity index (χ2v) is 9.37. The van der Waals surface area contributed by atoms with E-state index in [1.807, 2.05) is 28.2 Å². The summed E-state index contributed by atoms with van der Waals surface area (Å²) in [5, 5.41) is 12.7. The molecule has 1 amide bonds. The molecule has 2 N–H and O–H groups in total. The normalized spacial score (nSPS) is 15.6. The number of nitrogens with one attached hydrogen (secondary N) is 2. The van der Waals surface area contributed by atoms with E-state index in [0.717, 1.165) is 43.5 Å². The third-order valence-electron chi connectivity index (χ3n) is 6.11. The molecule has 3 aromatic heterocycles. The van der Waals surface area contributed by atoms with E-state index >= 15 is 0 Å². The second-order valence-electron chi connectivity index (χ2n) is 8.20. The van der Waals surface area contributed by atoms with Crippen molar-refractivity contribution in [2.24, 2.45) is 0 Å². The summed E-state index contributed by atoms with van der Waals surface area (Å²) in [7, 11) is 0. The summed E-state index contributed by atoms with van der Waals surface area (Å²) >= 11 is 1.84. The molecule has 1 aliphatic carbocycles.